The van der Waals surface area contributed by atoms with Crippen molar-refractivity contribution in [1.29, 1.82) is 0 Å². The second-order valence-corrected chi connectivity index (χ2v) is 3.39. The number of hydrogen-bond donors (Lipinski definition) is 1. The SMILES string of the molecule is CC.CN(C)CCCCCCS. The highest BCUT2D eigenvalue weighted by molar-refractivity contribution is 7.80. The van der Waals surface area contributed by atoms with Crippen molar-refractivity contribution in [3.05, 3.63) is 0 Å². The van der Waals surface area contributed by atoms with E-state index in [1.165, 1.54) is 32.2 Å². The summed E-state index contributed by atoms with van der Waals surface area (Å²) in [5.41, 5.74) is 0. The lowest BCUT2D eigenvalue weighted by molar-refractivity contribution is 0.391. The van der Waals surface area contributed by atoms with Gasteiger partial charge in [-0.2, -0.15) is 12.6 Å². The van der Waals surface area contributed by atoms with Gasteiger partial charge < -0.3 is 4.90 Å². The van der Waals surface area contributed by atoms with E-state index in [1.54, 1.807) is 0 Å². The van der Waals surface area contributed by atoms with Crippen LogP contribution in [-0.2, 0) is 0 Å². The Bertz CT molecular complexity index is 64.9. The Morgan fingerprint density at radius 3 is 1.83 bits per heavy atom. The molecule has 0 radical (unpaired) electrons. The van der Waals surface area contributed by atoms with Crippen molar-refractivity contribution in [3.63, 3.8) is 0 Å². The highest BCUT2D eigenvalue weighted by Gasteiger charge is 1.89. The summed E-state index contributed by atoms with van der Waals surface area (Å²) >= 11 is 4.15. The van der Waals surface area contributed by atoms with E-state index in [4.69, 9.17) is 0 Å². The summed E-state index contributed by atoms with van der Waals surface area (Å²) in [5.74, 6) is 1.04. The zero-order chi connectivity index (χ0) is 9.82. The quantitative estimate of drug-likeness (QED) is 0.499. The lowest BCUT2D eigenvalue weighted by Crippen LogP contribution is -2.12. The van der Waals surface area contributed by atoms with Gasteiger partial charge in [-0.1, -0.05) is 26.7 Å². The first-order chi connectivity index (χ1) is 5.77. The van der Waals surface area contributed by atoms with Gasteiger partial charge in [-0.3, -0.25) is 0 Å². The Morgan fingerprint density at radius 2 is 1.42 bits per heavy atom. The van der Waals surface area contributed by atoms with Crippen molar-refractivity contribution >= 4 is 12.6 Å². The van der Waals surface area contributed by atoms with E-state index in [1.807, 2.05) is 13.8 Å². The van der Waals surface area contributed by atoms with Crippen LogP contribution in [0.25, 0.3) is 0 Å². The molecule has 0 bridgehead atoms. The molecule has 0 aliphatic heterocycles. The van der Waals surface area contributed by atoms with Gasteiger partial charge in [0.15, 0.2) is 0 Å². The first kappa shape index (κ1) is 14.8. The lowest BCUT2D eigenvalue weighted by Gasteiger charge is -2.07. The number of rotatable bonds is 6. The van der Waals surface area contributed by atoms with Crippen LogP contribution >= 0.6 is 12.6 Å². The molecule has 0 unspecified atom stereocenters. The number of unbranched alkanes of at least 4 members (excludes halogenated alkanes) is 3. The van der Waals surface area contributed by atoms with E-state index >= 15 is 0 Å². The summed E-state index contributed by atoms with van der Waals surface area (Å²) in [6.45, 7) is 5.23. The third-order valence-electron chi connectivity index (χ3n) is 1.51. The average molecular weight is 191 g/mol. The molecule has 2 heteroatoms. The maximum atomic E-state index is 4.15. The fraction of sp³-hybridized carbons (Fsp3) is 1.00. The van der Waals surface area contributed by atoms with Crippen molar-refractivity contribution in [2.24, 2.45) is 0 Å². The zero-order valence-corrected chi connectivity index (χ0v) is 10.0. The van der Waals surface area contributed by atoms with Crippen LogP contribution in [0.3, 0.4) is 0 Å². The van der Waals surface area contributed by atoms with Crippen molar-refractivity contribution in [1.82, 2.24) is 4.90 Å². The molecule has 0 aromatic rings. The number of hydrogen-bond acceptors (Lipinski definition) is 2. The van der Waals surface area contributed by atoms with Gasteiger partial charge in [0.05, 0.1) is 0 Å². The molecule has 76 valence electrons. The van der Waals surface area contributed by atoms with Crippen LogP contribution in [0.15, 0.2) is 0 Å². The molecule has 0 atom stereocenters. The second-order valence-electron chi connectivity index (χ2n) is 2.94. The van der Waals surface area contributed by atoms with Crippen LogP contribution in [0.5, 0.6) is 0 Å². The van der Waals surface area contributed by atoms with E-state index < -0.39 is 0 Å². The average Bonchev–Trinajstić information content (AvgIpc) is 2.07. The van der Waals surface area contributed by atoms with Crippen LogP contribution in [0.4, 0.5) is 0 Å². The van der Waals surface area contributed by atoms with E-state index in [0.717, 1.165) is 5.75 Å². The normalized spacial score (nSPS) is 9.50. The maximum absolute atomic E-state index is 4.15. The van der Waals surface area contributed by atoms with Crippen LogP contribution in [-0.4, -0.2) is 31.3 Å². The highest BCUT2D eigenvalue weighted by Crippen LogP contribution is 2.00. The first-order valence-corrected chi connectivity index (χ1v) is 5.66. The predicted molar refractivity (Wildman–Crippen MR) is 62.2 cm³/mol. The van der Waals surface area contributed by atoms with E-state index in [9.17, 15) is 0 Å². The maximum Gasteiger partial charge on any atom is -0.00248 e. The molecule has 0 heterocycles. The topological polar surface area (TPSA) is 3.24 Å². The minimum Gasteiger partial charge on any atom is -0.309 e. The Kier molecular flexibility index (Phi) is 17.1. The molecule has 0 aromatic carbocycles. The molecule has 0 saturated heterocycles. The summed E-state index contributed by atoms with van der Waals surface area (Å²) in [4.78, 5) is 2.24. The molecule has 0 saturated carbocycles. The third-order valence-corrected chi connectivity index (χ3v) is 1.83. The smallest absolute Gasteiger partial charge is 0.00248 e. The molecular weight excluding hydrogens is 166 g/mol. The highest BCUT2D eigenvalue weighted by atomic mass is 32.1. The van der Waals surface area contributed by atoms with Crippen molar-refractivity contribution < 1.29 is 0 Å². The summed E-state index contributed by atoms with van der Waals surface area (Å²) in [6.07, 6.45) is 5.31. The molecule has 0 fully saturated rings. The summed E-state index contributed by atoms with van der Waals surface area (Å²) in [6, 6.07) is 0. The van der Waals surface area contributed by atoms with Gasteiger partial charge >= 0.3 is 0 Å². The minimum absolute atomic E-state index is 1.04. The summed E-state index contributed by atoms with van der Waals surface area (Å²) in [7, 11) is 4.25. The fourth-order valence-corrected chi connectivity index (χ4v) is 1.12. The van der Waals surface area contributed by atoms with Crippen LogP contribution in [0.2, 0.25) is 0 Å². The van der Waals surface area contributed by atoms with Gasteiger partial charge in [-0.25, -0.2) is 0 Å². The molecule has 12 heavy (non-hydrogen) atoms. The Balaban J connectivity index is 0. The Morgan fingerprint density at radius 1 is 0.917 bits per heavy atom. The van der Waals surface area contributed by atoms with Gasteiger partial charge in [-0.15, -0.1) is 0 Å². The summed E-state index contributed by atoms with van der Waals surface area (Å²) in [5, 5.41) is 0. The molecule has 0 aromatic heterocycles. The van der Waals surface area contributed by atoms with Gasteiger partial charge in [0.2, 0.25) is 0 Å². The van der Waals surface area contributed by atoms with E-state index in [0.29, 0.717) is 0 Å². The molecule has 0 aliphatic carbocycles. The zero-order valence-electron chi connectivity index (χ0n) is 9.14. The third kappa shape index (κ3) is 16.7. The van der Waals surface area contributed by atoms with Gasteiger partial charge in [0, 0.05) is 0 Å². The Hall–Kier alpha value is 0.310. The van der Waals surface area contributed by atoms with Gasteiger partial charge in [0.25, 0.3) is 0 Å². The van der Waals surface area contributed by atoms with Gasteiger partial charge in [-0.05, 0) is 39.2 Å². The summed E-state index contributed by atoms with van der Waals surface area (Å²) < 4.78 is 0. The van der Waals surface area contributed by atoms with Gasteiger partial charge in [0.1, 0.15) is 0 Å². The van der Waals surface area contributed by atoms with E-state index in [-0.39, 0.29) is 0 Å². The van der Waals surface area contributed by atoms with Crippen LogP contribution < -0.4 is 0 Å². The first-order valence-electron chi connectivity index (χ1n) is 5.03. The monoisotopic (exact) mass is 191 g/mol. The van der Waals surface area contributed by atoms with Crippen molar-refractivity contribution in [3.8, 4) is 0 Å². The predicted octanol–water partition coefficient (Wildman–Crippen LogP) is 3.06. The molecule has 0 rings (SSSR count). The molecular formula is C10H25NS. The molecule has 0 N–H and O–H groups in total. The van der Waals surface area contributed by atoms with Crippen LogP contribution in [0.1, 0.15) is 39.5 Å². The molecule has 0 aliphatic rings. The van der Waals surface area contributed by atoms with Crippen molar-refractivity contribution in [2.75, 3.05) is 26.4 Å². The minimum atomic E-state index is 1.04. The number of nitrogens with zero attached hydrogens (tertiary/aromatic N) is 1. The molecule has 0 spiro atoms. The van der Waals surface area contributed by atoms with Crippen molar-refractivity contribution in [2.45, 2.75) is 39.5 Å². The second kappa shape index (κ2) is 13.9. The van der Waals surface area contributed by atoms with E-state index in [2.05, 4.69) is 31.6 Å². The fourth-order valence-electron chi connectivity index (χ4n) is 0.893. The largest absolute Gasteiger partial charge is 0.309 e. The van der Waals surface area contributed by atoms with Crippen LogP contribution in [0, 0.1) is 0 Å². The Labute approximate surface area is 83.9 Å². The standard InChI is InChI=1S/C8H19NS.C2H6/c1-9(2)7-5-3-4-6-8-10;1-2/h10H,3-8H2,1-2H3;1-2H3. The lowest BCUT2D eigenvalue weighted by atomic mass is 10.2. The molecule has 1 nitrogen and oxygen atoms in total. The molecule has 0 amide bonds. The number of thiol groups is 1.